The summed E-state index contributed by atoms with van der Waals surface area (Å²) in [5, 5.41) is 17.9. The van der Waals surface area contributed by atoms with Crippen LogP contribution in [0.5, 0.6) is 5.75 Å². The zero-order chi connectivity index (χ0) is 11.3. The Morgan fingerprint density at radius 2 is 2.27 bits per heavy atom. The van der Waals surface area contributed by atoms with E-state index in [1.807, 2.05) is 12.1 Å². The van der Waals surface area contributed by atoms with Gasteiger partial charge in [-0.25, -0.2) is 0 Å². The summed E-state index contributed by atoms with van der Waals surface area (Å²) in [7, 11) is 1.56. The van der Waals surface area contributed by atoms with E-state index in [0.29, 0.717) is 12.2 Å². The maximum atomic E-state index is 10.3. The van der Waals surface area contributed by atoms with Crippen molar-refractivity contribution in [3.63, 3.8) is 0 Å². The molecule has 0 aromatic heterocycles. The number of rotatable bonds is 5. The van der Waals surface area contributed by atoms with E-state index in [9.17, 15) is 9.90 Å². The lowest BCUT2D eigenvalue weighted by atomic mass is 10.1. The van der Waals surface area contributed by atoms with Gasteiger partial charge in [0.2, 0.25) is 0 Å². The van der Waals surface area contributed by atoms with Gasteiger partial charge < -0.3 is 14.9 Å². The summed E-state index contributed by atoms with van der Waals surface area (Å²) in [4.78, 5) is 10.3. The Morgan fingerprint density at radius 1 is 1.53 bits per heavy atom. The standard InChI is InChI=1S/C11H14O4/c1-15-10-4-2-3-8(6-10)5-9(12)7-11(13)14/h2-4,6,9,12H,5,7H2,1H3,(H,13,14). The number of ether oxygens (including phenoxy) is 1. The lowest BCUT2D eigenvalue weighted by Crippen LogP contribution is -2.15. The number of methoxy groups -OCH3 is 1. The van der Waals surface area contributed by atoms with Gasteiger partial charge in [-0.1, -0.05) is 12.1 Å². The average Bonchev–Trinajstić information content (AvgIpc) is 2.16. The number of carboxylic acid groups (broad SMARTS) is 1. The van der Waals surface area contributed by atoms with Gasteiger partial charge in [0, 0.05) is 0 Å². The van der Waals surface area contributed by atoms with Gasteiger partial charge in [0.1, 0.15) is 5.75 Å². The molecule has 0 fully saturated rings. The summed E-state index contributed by atoms with van der Waals surface area (Å²) in [5.74, 6) is -0.291. The molecule has 0 bridgehead atoms. The molecule has 1 rings (SSSR count). The number of aliphatic hydroxyl groups is 1. The molecular weight excluding hydrogens is 196 g/mol. The fourth-order valence-electron chi connectivity index (χ4n) is 1.35. The van der Waals surface area contributed by atoms with Crippen molar-refractivity contribution in [1.82, 2.24) is 0 Å². The van der Waals surface area contributed by atoms with Crippen LogP contribution in [0.3, 0.4) is 0 Å². The van der Waals surface area contributed by atoms with Gasteiger partial charge in [-0.3, -0.25) is 4.79 Å². The van der Waals surface area contributed by atoms with Crippen molar-refractivity contribution in [2.75, 3.05) is 7.11 Å². The van der Waals surface area contributed by atoms with Crippen molar-refractivity contribution in [1.29, 1.82) is 0 Å². The van der Waals surface area contributed by atoms with E-state index in [1.54, 1.807) is 19.2 Å². The lowest BCUT2D eigenvalue weighted by molar-refractivity contribution is -0.139. The highest BCUT2D eigenvalue weighted by molar-refractivity contribution is 5.67. The normalized spacial score (nSPS) is 12.1. The average molecular weight is 210 g/mol. The van der Waals surface area contributed by atoms with Crippen LogP contribution in [0.1, 0.15) is 12.0 Å². The molecule has 1 atom stereocenters. The van der Waals surface area contributed by atoms with Crippen molar-refractivity contribution in [3.05, 3.63) is 29.8 Å². The molecule has 1 aromatic carbocycles. The molecular formula is C11H14O4. The van der Waals surface area contributed by atoms with Crippen molar-refractivity contribution < 1.29 is 19.7 Å². The number of hydrogen-bond acceptors (Lipinski definition) is 3. The van der Waals surface area contributed by atoms with Crippen LogP contribution >= 0.6 is 0 Å². The molecule has 0 amide bonds. The van der Waals surface area contributed by atoms with Gasteiger partial charge in [-0.15, -0.1) is 0 Å². The number of benzene rings is 1. The van der Waals surface area contributed by atoms with E-state index in [0.717, 1.165) is 5.56 Å². The zero-order valence-electron chi connectivity index (χ0n) is 8.51. The SMILES string of the molecule is COc1cccc(CC(O)CC(=O)O)c1. The largest absolute Gasteiger partial charge is 0.497 e. The highest BCUT2D eigenvalue weighted by Crippen LogP contribution is 2.14. The maximum absolute atomic E-state index is 10.3. The summed E-state index contributed by atoms with van der Waals surface area (Å²) >= 11 is 0. The van der Waals surface area contributed by atoms with Crippen LogP contribution in [-0.2, 0) is 11.2 Å². The summed E-state index contributed by atoms with van der Waals surface area (Å²) < 4.78 is 5.02. The molecule has 1 aromatic rings. The molecule has 0 saturated carbocycles. The van der Waals surface area contributed by atoms with Crippen molar-refractivity contribution in [2.45, 2.75) is 18.9 Å². The molecule has 0 aliphatic rings. The van der Waals surface area contributed by atoms with Gasteiger partial charge in [0.25, 0.3) is 0 Å². The molecule has 1 unspecified atom stereocenters. The molecule has 2 N–H and O–H groups in total. The Bertz CT molecular complexity index is 335. The van der Waals surface area contributed by atoms with Gasteiger partial charge in [-0.05, 0) is 24.1 Å². The van der Waals surface area contributed by atoms with Crippen LogP contribution in [-0.4, -0.2) is 29.4 Å². The fraction of sp³-hybridized carbons (Fsp3) is 0.364. The van der Waals surface area contributed by atoms with E-state index in [1.165, 1.54) is 0 Å². The molecule has 15 heavy (non-hydrogen) atoms. The summed E-state index contributed by atoms with van der Waals surface area (Å²) in [6.07, 6.45) is -0.768. The first-order valence-electron chi connectivity index (χ1n) is 4.64. The van der Waals surface area contributed by atoms with Gasteiger partial charge in [-0.2, -0.15) is 0 Å². The highest BCUT2D eigenvalue weighted by Gasteiger charge is 2.10. The molecule has 4 heteroatoms. The zero-order valence-corrected chi connectivity index (χ0v) is 8.51. The predicted octanol–water partition coefficient (Wildman–Crippen LogP) is 1.07. The molecule has 0 heterocycles. The van der Waals surface area contributed by atoms with E-state index in [-0.39, 0.29) is 6.42 Å². The Kier molecular flexibility index (Phi) is 4.12. The molecule has 0 aliphatic carbocycles. The van der Waals surface area contributed by atoms with E-state index >= 15 is 0 Å². The van der Waals surface area contributed by atoms with E-state index < -0.39 is 12.1 Å². The second-order valence-corrected chi connectivity index (χ2v) is 3.31. The van der Waals surface area contributed by atoms with Crippen molar-refractivity contribution in [3.8, 4) is 5.75 Å². The molecule has 0 spiro atoms. The third-order valence-electron chi connectivity index (χ3n) is 2.02. The first-order chi connectivity index (χ1) is 7.11. The van der Waals surface area contributed by atoms with Crippen molar-refractivity contribution in [2.24, 2.45) is 0 Å². The number of hydrogen-bond donors (Lipinski definition) is 2. The topological polar surface area (TPSA) is 66.8 Å². The Balaban J connectivity index is 2.59. The van der Waals surface area contributed by atoms with Gasteiger partial charge >= 0.3 is 5.97 Å². The predicted molar refractivity (Wildman–Crippen MR) is 55.0 cm³/mol. The fourth-order valence-corrected chi connectivity index (χ4v) is 1.35. The van der Waals surface area contributed by atoms with E-state index in [4.69, 9.17) is 9.84 Å². The number of carbonyl (C=O) groups is 1. The number of carboxylic acids is 1. The van der Waals surface area contributed by atoms with Crippen LogP contribution in [0.15, 0.2) is 24.3 Å². The van der Waals surface area contributed by atoms with Crippen LogP contribution in [0, 0.1) is 0 Å². The first-order valence-corrected chi connectivity index (χ1v) is 4.64. The summed E-state index contributed by atoms with van der Waals surface area (Å²) in [6, 6.07) is 7.22. The minimum atomic E-state index is -0.995. The van der Waals surface area contributed by atoms with Gasteiger partial charge in [0.05, 0.1) is 19.6 Å². The minimum Gasteiger partial charge on any atom is -0.497 e. The lowest BCUT2D eigenvalue weighted by Gasteiger charge is -2.08. The molecule has 0 radical (unpaired) electrons. The van der Waals surface area contributed by atoms with Crippen LogP contribution in [0.25, 0.3) is 0 Å². The van der Waals surface area contributed by atoms with Gasteiger partial charge in [0.15, 0.2) is 0 Å². The maximum Gasteiger partial charge on any atom is 0.305 e. The van der Waals surface area contributed by atoms with Crippen LogP contribution in [0.4, 0.5) is 0 Å². The first kappa shape index (κ1) is 11.5. The number of aliphatic hydroxyl groups excluding tert-OH is 1. The highest BCUT2D eigenvalue weighted by atomic mass is 16.5. The second-order valence-electron chi connectivity index (χ2n) is 3.31. The van der Waals surface area contributed by atoms with Crippen LogP contribution in [0.2, 0.25) is 0 Å². The third-order valence-corrected chi connectivity index (χ3v) is 2.02. The number of aliphatic carboxylic acids is 1. The summed E-state index contributed by atoms with van der Waals surface area (Å²) in [5.41, 5.74) is 0.864. The quantitative estimate of drug-likeness (QED) is 0.763. The Hall–Kier alpha value is -1.55. The Morgan fingerprint density at radius 3 is 2.87 bits per heavy atom. The van der Waals surface area contributed by atoms with E-state index in [2.05, 4.69) is 0 Å². The minimum absolute atomic E-state index is 0.239. The summed E-state index contributed by atoms with van der Waals surface area (Å²) in [6.45, 7) is 0. The molecule has 0 aliphatic heterocycles. The molecule has 4 nitrogen and oxygen atoms in total. The molecule has 82 valence electrons. The molecule has 0 saturated heterocycles. The second kappa shape index (κ2) is 5.36. The monoisotopic (exact) mass is 210 g/mol. The third kappa shape index (κ3) is 3.99. The van der Waals surface area contributed by atoms with Crippen LogP contribution < -0.4 is 4.74 Å². The Labute approximate surface area is 88.1 Å². The van der Waals surface area contributed by atoms with Crippen molar-refractivity contribution >= 4 is 5.97 Å². The smallest absolute Gasteiger partial charge is 0.305 e.